The van der Waals surface area contributed by atoms with Gasteiger partial charge >= 0.3 is 0 Å². The molecule has 0 bridgehead atoms. The van der Waals surface area contributed by atoms with Crippen molar-refractivity contribution < 1.29 is 9.59 Å². The lowest BCUT2D eigenvalue weighted by Crippen LogP contribution is -2.43. The van der Waals surface area contributed by atoms with Crippen molar-refractivity contribution in [1.82, 2.24) is 20.4 Å². The topological polar surface area (TPSA) is 78.1 Å². The number of carbonyl (C=O) groups is 2. The Morgan fingerprint density at radius 3 is 2.52 bits per heavy atom. The van der Waals surface area contributed by atoms with E-state index in [1.54, 1.807) is 0 Å². The molecule has 2 N–H and O–H groups in total. The third kappa shape index (κ3) is 3.44. The molecule has 1 atom stereocenters. The van der Waals surface area contributed by atoms with Crippen LogP contribution in [0.25, 0.3) is 0 Å². The van der Waals surface area contributed by atoms with E-state index < -0.39 is 0 Å². The van der Waals surface area contributed by atoms with Crippen LogP contribution in [-0.2, 0) is 4.79 Å². The lowest BCUT2D eigenvalue weighted by Gasteiger charge is -2.39. The van der Waals surface area contributed by atoms with Crippen LogP contribution in [0.1, 0.15) is 86.4 Å². The molecule has 6 nitrogen and oxygen atoms in total. The predicted octanol–water partition coefficient (Wildman–Crippen LogP) is 2.94. The standard InChI is InChI=1S/C19H28N4O2/c24-18(20-14-8-1-2-9-14)16-12-15(21-22-16)17-10-3-4-11-23(17)19(25)13-6-5-7-13/h12-14,17H,1-11H2,(H,20,24)(H,21,22)/t17-/m1/s1. The Bertz CT molecular complexity index is 631. The van der Waals surface area contributed by atoms with Crippen molar-refractivity contribution >= 4 is 11.8 Å². The van der Waals surface area contributed by atoms with Crippen molar-refractivity contribution in [3.8, 4) is 0 Å². The van der Waals surface area contributed by atoms with Crippen molar-refractivity contribution in [2.75, 3.05) is 6.54 Å². The second-order valence-electron chi connectivity index (χ2n) is 7.83. The van der Waals surface area contributed by atoms with Crippen LogP contribution in [0, 0.1) is 5.92 Å². The molecule has 0 aromatic carbocycles. The van der Waals surface area contributed by atoms with Gasteiger partial charge < -0.3 is 10.2 Å². The summed E-state index contributed by atoms with van der Waals surface area (Å²) in [6, 6.07) is 2.18. The number of likely N-dealkylation sites (tertiary alicyclic amines) is 1. The van der Waals surface area contributed by atoms with E-state index in [1.165, 1.54) is 19.3 Å². The number of carbonyl (C=O) groups excluding carboxylic acids is 2. The molecular weight excluding hydrogens is 316 g/mol. The van der Waals surface area contributed by atoms with E-state index in [2.05, 4.69) is 15.5 Å². The maximum absolute atomic E-state index is 12.7. The zero-order chi connectivity index (χ0) is 17.2. The number of nitrogens with one attached hydrogen (secondary N) is 2. The summed E-state index contributed by atoms with van der Waals surface area (Å²) in [5, 5.41) is 10.3. The predicted molar refractivity (Wildman–Crippen MR) is 94.0 cm³/mol. The van der Waals surface area contributed by atoms with Gasteiger partial charge in [-0.15, -0.1) is 0 Å². The smallest absolute Gasteiger partial charge is 0.271 e. The van der Waals surface area contributed by atoms with Crippen LogP contribution in [0.3, 0.4) is 0 Å². The van der Waals surface area contributed by atoms with E-state index >= 15 is 0 Å². The van der Waals surface area contributed by atoms with Crippen LogP contribution in [0.4, 0.5) is 0 Å². The SMILES string of the molecule is O=C(NC1CCCC1)c1cc([C@H]2CCCCN2C(=O)C2CCC2)[nH]n1. The van der Waals surface area contributed by atoms with Crippen LogP contribution < -0.4 is 5.32 Å². The molecule has 2 amide bonds. The quantitative estimate of drug-likeness (QED) is 0.881. The van der Waals surface area contributed by atoms with E-state index in [-0.39, 0.29) is 17.9 Å². The van der Waals surface area contributed by atoms with Gasteiger partial charge in [-0.1, -0.05) is 19.3 Å². The first-order chi connectivity index (χ1) is 12.2. The third-order valence-corrected chi connectivity index (χ3v) is 6.12. The van der Waals surface area contributed by atoms with Crippen molar-refractivity contribution in [1.29, 1.82) is 0 Å². The molecule has 0 spiro atoms. The summed E-state index contributed by atoms with van der Waals surface area (Å²) in [5.74, 6) is 0.415. The molecule has 2 saturated carbocycles. The van der Waals surface area contributed by atoms with Crippen molar-refractivity contribution in [2.24, 2.45) is 5.92 Å². The Labute approximate surface area is 148 Å². The monoisotopic (exact) mass is 344 g/mol. The highest BCUT2D eigenvalue weighted by atomic mass is 16.2. The highest BCUT2D eigenvalue weighted by molar-refractivity contribution is 5.92. The zero-order valence-corrected chi connectivity index (χ0v) is 14.8. The first-order valence-electron chi connectivity index (χ1n) is 9.89. The minimum absolute atomic E-state index is 0.0439. The molecule has 4 rings (SSSR count). The molecule has 0 radical (unpaired) electrons. The summed E-state index contributed by atoms with van der Waals surface area (Å²) in [5.41, 5.74) is 1.35. The lowest BCUT2D eigenvalue weighted by molar-refractivity contribution is -0.142. The Balaban J connectivity index is 1.45. The number of H-pyrrole nitrogens is 1. The Morgan fingerprint density at radius 2 is 1.80 bits per heavy atom. The van der Waals surface area contributed by atoms with E-state index in [9.17, 15) is 9.59 Å². The number of aromatic nitrogens is 2. The lowest BCUT2D eigenvalue weighted by atomic mass is 9.83. The van der Waals surface area contributed by atoms with E-state index in [1.807, 2.05) is 11.0 Å². The molecule has 1 aromatic heterocycles. The van der Waals surface area contributed by atoms with Crippen molar-refractivity contribution in [2.45, 2.75) is 76.3 Å². The molecule has 1 saturated heterocycles. The van der Waals surface area contributed by atoms with Crippen LogP contribution in [0.5, 0.6) is 0 Å². The summed E-state index contributed by atoms with van der Waals surface area (Å²) in [4.78, 5) is 27.2. The molecular formula is C19H28N4O2. The fourth-order valence-corrected chi connectivity index (χ4v) is 4.36. The van der Waals surface area contributed by atoms with Crippen molar-refractivity contribution in [3.63, 3.8) is 0 Å². The second kappa shape index (κ2) is 7.18. The Morgan fingerprint density at radius 1 is 1.04 bits per heavy atom. The van der Waals surface area contributed by atoms with Gasteiger partial charge in [-0.2, -0.15) is 5.10 Å². The molecule has 0 unspecified atom stereocenters. The summed E-state index contributed by atoms with van der Waals surface area (Å²) in [6.07, 6.45) is 10.9. The van der Waals surface area contributed by atoms with Gasteiger partial charge in [-0.25, -0.2) is 0 Å². The molecule has 3 fully saturated rings. The van der Waals surface area contributed by atoms with Crippen LogP contribution in [-0.4, -0.2) is 39.5 Å². The second-order valence-corrected chi connectivity index (χ2v) is 7.83. The van der Waals surface area contributed by atoms with Gasteiger partial charge in [0, 0.05) is 18.5 Å². The summed E-state index contributed by atoms with van der Waals surface area (Å²) in [6.45, 7) is 0.822. The minimum Gasteiger partial charge on any atom is -0.348 e. The first-order valence-corrected chi connectivity index (χ1v) is 9.89. The molecule has 6 heteroatoms. The number of aromatic amines is 1. The van der Waals surface area contributed by atoms with Gasteiger partial charge in [0.1, 0.15) is 5.69 Å². The average molecular weight is 344 g/mol. The fraction of sp³-hybridized carbons (Fsp3) is 0.737. The number of hydrogen-bond donors (Lipinski definition) is 2. The molecule has 3 aliphatic rings. The first kappa shape index (κ1) is 16.6. The molecule has 2 heterocycles. The summed E-state index contributed by atoms with van der Waals surface area (Å²) < 4.78 is 0. The summed E-state index contributed by atoms with van der Waals surface area (Å²) in [7, 11) is 0. The van der Waals surface area contributed by atoms with Gasteiger partial charge in [0.2, 0.25) is 5.91 Å². The van der Waals surface area contributed by atoms with Gasteiger partial charge in [0.15, 0.2) is 0 Å². The largest absolute Gasteiger partial charge is 0.348 e. The normalized spacial score (nSPS) is 25.0. The van der Waals surface area contributed by atoms with Gasteiger partial charge in [0.05, 0.1) is 11.7 Å². The summed E-state index contributed by atoms with van der Waals surface area (Å²) >= 11 is 0. The number of amides is 2. The maximum Gasteiger partial charge on any atom is 0.271 e. The Kier molecular flexibility index (Phi) is 4.77. The number of piperidine rings is 1. The minimum atomic E-state index is -0.0953. The number of hydrogen-bond acceptors (Lipinski definition) is 3. The highest BCUT2D eigenvalue weighted by Gasteiger charge is 2.35. The van der Waals surface area contributed by atoms with Crippen LogP contribution in [0.2, 0.25) is 0 Å². The van der Waals surface area contributed by atoms with Gasteiger partial charge in [0.25, 0.3) is 5.91 Å². The van der Waals surface area contributed by atoms with Gasteiger partial charge in [-0.3, -0.25) is 14.7 Å². The number of nitrogens with zero attached hydrogens (tertiary/aromatic N) is 2. The molecule has 2 aliphatic carbocycles. The van der Waals surface area contributed by atoms with Crippen LogP contribution >= 0.6 is 0 Å². The third-order valence-electron chi connectivity index (χ3n) is 6.12. The van der Waals surface area contributed by atoms with Crippen LogP contribution in [0.15, 0.2) is 6.07 Å². The molecule has 136 valence electrons. The Hall–Kier alpha value is -1.85. The van der Waals surface area contributed by atoms with Crippen molar-refractivity contribution in [3.05, 3.63) is 17.5 Å². The van der Waals surface area contributed by atoms with Gasteiger partial charge in [-0.05, 0) is 51.0 Å². The maximum atomic E-state index is 12.7. The average Bonchev–Trinajstić information content (AvgIpc) is 3.24. The molecule has 25 heavy (non-hydrogen) atoms. The number of rotatable bonds is 4. The molecule has 1 aromatic rings. The highest BCUT2D eigenvalue weighted by Crippen LogP contribution is 2.35. The fourth-order valence-electron chi connectivity index (χ4n) is 4.36. The molecule has 1 aliphatic heterocycles. The van der Waals surface area contributed by atoms with E-state index in [0.29, 0.717) is 17.6 Å². The zero-order valence-electron chi connectivity index (χ0n) is 14.8. The van der Waals surface area contributed by atoms with E-state index in [0.717, 1.165) is 57.2 Å². The van der Waals surface area contributed by atoms with E-state index in [4.69, 9.17) is 0 Å².